The largest absolute Gasteiger partial charge is 0.486 e. The van der Waals surface area contributed by atoms with E-state index in [-0.39, 0.29) is 6.04 Å². The second kappa shape index (κ2) is 6.18. The summed E-state index contributed by atoms with van der Waals surface area (Å²) >= 11 is 0. The third-order valence-electron chi connectivity index (χ3n) is 3.79. The third kappa shape index (κ3) is 3.03. The molecule has 0 bridgehead atoms. The van der Waals surface area contributed by atoms with Crippen molar-refractivity contribution in [2.75, 3.05) is 13.2 Å². The minimum absolute atomic E-state index is 0.237. The van der Waals surface area contributed by atoms with Gasteiger partial charge in [0.25, 0.3) is 0 Å². The van der Waals surface area contributed by atoms with Crippen LogP contribution in [0, 0.1) is 0 Å². The van der Waals surface area contributed by atoms with Crippen molar-refractivity contribution >= 4 is 0 Å². The van der Waals surface area contributed by atoms with Gasteiger partial charge in [0.1, 0.15) is 13.2 Å². The summed E-state index contributed by atoms with van der Waals surface area (Å²) < 4.78 is 13.3. The van der Waals surface area contributed by atoms with Crippen molar-refractivity contribution in [2.45, 2.75) is 33.0 Å². The molecule has 21 heavy (non-hydrogen) atoms. The zero-order chi connectivity index (χ0) is 14.7. The highest BCUT2D eigenvalue weighted by atomic mass is 16.6. The van der Waals surface area contributed by atoms with Crippen LogP contribution in [0.4, 0.5) is 0 Å². The van der Waals surface area contributed by atoms with Gasteiger partial charge in [-0.2, -0.15) is 0 Å². The van der Waals surface area contributed by atoms with Crippen molar-refractivity contribution < 1.29 is 9.47 Å². The molecule has 1 N–H and O–H groups in total. The van der Waals surface area contributed by atoms with E-state index in [4.69, 9.17) is 9.47 Å². The number of hydrogen-bond donors (Lipinski definition) is 1. The fourth-order valence-electron chi connectivity index (χ4n) is 2.48. The average Bonchev–Trinajstić information content (AvgIpc) is 2.99. The molecule has 112 valence electrons. The van der Waals surface area contributed by atoms with Gasteiger partial charge in [0, 0.05) is 25.3 Å². The lowest BCUT2D eigenvalue weighted by molar-refractivity contribution is 0.171. The summed E-state index contributed by atoms with van der Waals surface area (Å²) in [5.74, 6) is 1.67. The van der Waals surface area contributed by atoms with Gasteiger partial charge in [-0.25, -0.2) is 4.98 Å². The fourth-order valence-corrected chi connectivity index (χ4v) is 2.48. The highest BCUT2D eigenvalue weighted by molar-refractivity contribution is 5.44. The predicted molar refractivity (Wildman–Crippen MR) is 80.6 cm³/mol. The number of hydrogen-bond acceptors (Lipinski definition) is 4. The average molecular weight is 287 g/mol. The van der Waals surface area contributed by atoms with Gasteiger partial charge in [0.2, 0.25) is 0 Å². The molecule has 3 rings (SSSR count). The van der Waals surface area contributed by atoms with Gasteiger partial charge in [-0.15, -0.1) is 0 Å². The van der Waals surface area contributed by atoms with Crippen LogP contribution in [0.5, 0.6) is 11.5 Å². The van der Waals surface area contributed by atoms with E-state index in [1.807, 2.05) is 18.6 Å². The summed E-state index contributed by atoms with van der Waals surface area (Å²) in [7, 11) is 0. The Kier molecular flexibility index (Phi) is 4.10. The molecule has 2 heterocycles. The second-order valence-electron chi connectivity index (χ2n) is 5.18. The number of imidazole rings is 1. The molecule has 1 aromatic carbocycles. The first-order chi connectivity index (χ1) is 10.3. The second-order valence-corrected chi connectivity index (χ2v) is 5.18. The first-order valence-electron chi connectivity index (χ1n) is 7.40. The van der Waals surface area contributed by atoms with E-state index < -0.39 is 0 Å². The van der Waals surface area contributed by atoms with E-state index in [9.17, 15) is 0 Å². The Morgan fingerprint density at radius 2 is 2.10 bits per heavy atom. The van der Waals surface area contributed by atoms with Crippen LogP contribution in [0.2, 0.25) is 0 Å². The maximum Gasteiger partial charge on any atom is 0.161 e. The number of nitrogens with zero attached hydrogens (tertiary/aromatic N) is 2. The summed E-state index contributed by atoms with van der Waals surface area (Å²) in [4.78, 5) is 4.19. The van der Waals surface area contributed by atoms with E-state index in [1.54, 1.807) is 0 Å². The first kappa shape index (κ1) is 13.9. The normalized spacial score (nSPS) is 15.0. The summed E-state index contributed by atoms with van der Waals surface area (Å²) in [6, 6.07) is 6.37. The summed E-state index contributed by atoms with van der Waals surface area (Å²) in [5.41, 5.74) is 2.39. The molecule has 5 nitrogen and oxygen atoms in total. The number of benzene rings is 1. The van der Waals surface area contributed by atoms with Gasteiger partial charge in [-0.05, 0) is 31.5 Å². The van der Waals surface area contributed by atoms with Crippen LogP contribution in [-0.4, -0.2) is 22.8 Å². The zero-order valence-electron chi connectivity index (χ0n) is 12.5. The van der Waals surface area contributed by atoms with Crippen molar-refractivity contribution in [3.05, 3.63) is 42.0 Å². The molecule has 1 aliphatic heterocycles. The van der Waals surface area contributed by atoms with Crippen LogP contribution in [0.3, 0.4) is 0 Å². The molecule has 2 aromatic rings. The summed E-state index contributed by atoms with van der Waals surface area (Å²) in [5, 5.41) is 3.53. The molecule has 1 aromatic heterocycles. The molecule has 5 heteroatoms. The quantitative estimate of drug-likeness (QED) is 0.918. The van der Waals surface area contributed by atoms with Gasteiger partial charge >= 0.3 is 0 Å². The number of aryl methyl sites for hydroxylation is 1. The van der Waals surface area contributed by atoms with Crippen LogP contribution >= 0.6 is 0 Å². The zero-order valence-corrected chi connectivity index (χ0v) is 12.5. The number of fused-ring (bicyclic) bond motifs is 1. The SMILES string of the molecule is CCn1cncc1CNC(C)c1ccc2c(c1)OCCO2. The highest BCUT2D eigenvalue weighted by Gasteiger charge is 2.14. The molecular weight excluding hydrogens is 266 g/mol. The van der Waals surface area contributed by atoms with Crippen LogP contribution in [0.15, 0.2) is 30.7 Å². The number of ether oxygens (including phenoxy) is 2. The maximum absolute atomic E-state index is 5.63. The smallest absolute Gasteiger partial charge is 0.161 e. The first-order valence-corrected chi connectivity index (χ1v) is 7.40. The molecule has 0 spiro atoms. The number of nitrogens with one attached hydrogen (secondary N) is 1. The molecule has 0 saturated heterocycles. The van der Waals surface area contributed by atoms with Gasteiger partial charge in [-0.3, -0.25) is 0 Å². The molecular formula is C16H21N3O2. The van der Waals surface area contributed by atoms with Gasteiger partial charge < -0.3 is 19.4 Å². The van der Waals surface area contributed by atoms with Crippen LogP contribution in [0.25, 0.3) is 0 Å². The van der Waals surface area contributed by atoms with Crippen molar-refractivity contribution in [2.24, 2.45) is 0 Å². The predicted octanol–water partition coefficient (Wildman–Crippen LogP) is 2.53. The topological polar surface area (TPSA) is 48.3 Å². The minimum Gasteiger partial charge on any atom is -0.486 e. The maximum atomic E-state index is 5.63. The van der Waals surface area contributed by atoms with Crippen molar-refractivity contribution in [1.82, 2.24) is 14.9 Å². The molecule has 0 amide bonds. The van der Waals surface area contributed by atoms with Crippen molar-refractivity contribution in [3.63, 3.8) is 0 Å². The Morgan fingerprint density at radius 3 is 2.90 bits per heavy atom. The van der Waals surface area contributed by atoms with E-state index >= 15 is 0 Å². The molecule has 1 aliphatic rings. The molecule has 1 atom stereocenters. The molecule has 0 radical (unpaired) electrons. The lowest BCUT2D eigenvalue weighted by Crippen LogP contribution is -2.21. The summed E-state index contributed by atoms with van der Waals surface area (Å²) in [6.45, 7) is 7.25. The van der Waals surface area contributed by atoms with Gasteiger partial charge in [0.15, 0.2) is 11.5 Å². The molecule has 0 saturated carbocycles. The fraction of sp³-hybridized carbons (Fsp3) is 0.438. The van der Waals surface area contributed by atoms with E-state index in [2.05, 4.69) is 40.8 Å². The lowest BCUT2D eigenvalue weighted by Gasteiger charge is -2.21. The van der Waals surface area contributed by atoms with E-state index in [0.717, 1.165) is 24.6 Å². The van der Waals surface area contributed by atoms with Crippen molar-refractivity contribution in [3.8, 4) is 11.5 Å². The standard InChI is InChI=1S/C16H21N3O2/c1-3-19-11-17-9-14(19)10-18-12(2)13-4-5-15-16(8-13)21-7-6-20-15/h4-5,8-9,11-12,18H,3,6-7,10H2,1-2H3. The van der Waals surface area contributed by atoms with Crippen LogP contribution < -0.4 is 14.8 Å². The Hall–Kier alpha value is -2.01. The Bertz CT molecular complexity index is 609. The van der Waals surface area contributed by atoms with Crippen LogP contribution in [0.1, 0.15) is 31.1 Å². The van der Waals surface area contributed by atoms with E-state index in [0.29, 0.717) is 13.2 Å². The van der Waals surface area contributed by atoms with Gasteiger partial charge in [-0.1, -0.05) is 6.07 Å². The van der Waals surface area contributed by atoms with E-state index in [1.165, 1.54) is 11.3 Å². The molecule has 0 fully saturated rings. The molecule has 1 unspecified atom stereocenters. The third-order valence-corrected chi connectivity index (χ3v) is 3.79. The van der Waals surface area contributed by atoms with Gasteiger partial charge in [0.05, 0.1) is 12.0 Å². The van der Waals surface area contributed by atoms with Crippen LogP contribution in [-0.2, 0) is 13.1 Å². The minimum atomic E-state index is 0.237. The summed E-state index contributed by atoms with van der Waals surface area (Å²) in [6.07, 6.45) is 3.78. The highest BCUT2D eigenvalue weighted by Crippen LogP contribution is 2.32. The number of rotatable bonds is 5. The lowest BCUT2D eigenvalue weighted by atomic mass is 10.1. The monoisotopic (exact) mass is 287 g/mol. The number of aromatic nitrogens is 2. The molecule has 0 aliphatic carbocycles. The Balaban J connectivity index is 1.66. The van der Waals surface area contributed by atoms with Crippen molar-refractivity contribution in [1.29, 1.82) is 0 Å². The Labute approximate surface area is 124 Å². The Morgan fingerprint density at radius 1 is 1.29 bits per heavy atom.